The van der Waals surface area contributed by atoms with E-state index in [1.54, 1.807) is 31.2 Å². The second kappa shape index (κ2) is 11.0. The highest BCUT2D eigenvalue weighted by Crippen LogP contribution is 2.34. The van der Waals surface area contributed by atoms with E-state index in [4.69, 9.17) is 4.74 Å². The fraction of sp³-hybridized carbons (Fsp3) is 0.259. The van der Waals surface area contributed by atoms with Crippen LogP contribution in [0.25, 0.3) is 10.9 Å². The first-order valence-corrected chi connectivity index (χ1v) is 12.3. The van der Waals surface area contributed by atoms with Crippen LogP contribution in [0.1, 0.15) is 11.3 Å². The van der Waals surface area contributed by atoms with E-state index in [0.29, 0.717) is 23.6 Å². The van der Waals surface area contributed by atoms with Gasteiger partial charge in [-0.3, -0.25) is 9.69 Å². The zero-order valence-electron chi connectivity index (χ0n) is 21.4. The van der Waals surface area contributed by atoms with Crippen molar-refractivity contribution in [2.75, 3.05) is 50.4 Å². The molecule has 0 unspecified atom stereocenters. The third kappa shape index (κ3) is 5.79. The van der Waals surface area contributed by atoms with Gasteiger partial charge in [0.1, 0.15) is 12.4 Å². The minimum atomic E-state index is -0.780. The first-order chi connectivity index (χ1) is 18.8. The van der Waals surface area contributed by atoms with Gasteiger partial charge in [-0.05, 0) is 44.3 Å². The average molecular weight is 533 g/mol. The topological polar surface area (TPSA) is 122 Å². The lowest BCUT2D eigenvalue weighted by Gasteiger charge is -2.31. The second-order valence-electron chi connectivity index (χ2n) is 9.36. The van der Waals surface area contributed by atoms with Gasteiger partial charge in [-0.1, -0.05) is 0 Å². The average Bonchev–Trinajstić information content (AvgIpc) is 3.32. The molecule has 1 amide bonds. The van der Waals surface area contributed by atoms with E-state index < -0.39 is 17.4 Å². The van der Waals surface area contributed by atoms with Gasteiger partial charge in [0.15, 0.2) is 28.8 Å². The largest absolute Gasteiger partial charge is 0.434 e. The fourth-order valence-corrected chi connectivity index (χ4v) is 4.34. The molecule has 0 spiro atoms. The molecule has 1 saturated heterocycles. The van der Waals surface area contributed by atoms with Crippen LogP contribution in [0.15, 0.2) is 42.7 Å². The maximum atomic E-state index is 15.0. The predicted octanol–water partition coefficient (Wildman–Crippen LogP) is 4.14. The number of aromatic nitrogens is 3. The van der Waals surface area contributed by atoms with E-state index >= 15 is 4.39 Å². The Morgan fingerprint density at radius 2 is 1.85 bits per heavy atom. The molecule has 1 aliphatic rings. The third-order valence-electron chi connectivity index (χ3n) is 6.43. The summed E-state index contributed by atoms with van der Waals surface area (Å²) in [5, 5.41) is 15.7. The summed E-state index contributed by atoms with van der Waals surface area (Å²) in [5.74, 6) is -2.09. The van der Waals surface area contributed by atoms with Crippen LogP contribution in [0.3, 0.4) is 0 Å². The number of benzene rings is 2. The van der Waals surface area contributed by atoms with E-state index in [1.807, 2.05) is 6.07 Å². The number of nitrogens with one attached hydrogen (secondary N) is 3. The summed E-state index contributed by atoms with van der Waals surface area (Å²) in [6.45, 7) is 5.57. The molecule has 1 aliphatic heterocycles. The monoisotopic (exact) mass is 532 g/mol. The fourth-order valence-electron chi connectivity index (χ4n) is 4.34. The SMILES string of the molecule is Cc1cc2c(F)c(Oc3ncnc(Nc4ccc(NC(=O)CN5CCN(C)CC5)cc4)c3C#N)cc(F)c2[nH]1. The lowest BCUT2D eigenvalue weighted by atomic mass is 10.2. The normalized spacial score (nSPS) is 14.2. The van der Waals surface area contributed by atoms with Crippen molar-refractivity contribution in [1.29, 1.82) is 5.26 Å². The molecular weight excluding hydrogens is 506 g/mol. The van der Waals surface area contributed by atoms with Crippen molar-refractivity contribution < 1.29 is 18.3 Å². The van der Waals surface area contributed by atoms with Crippen molar-refractivity contribution in [3.63, 3.8) is 0 Å². The molecule has 0 atom stereocenters. The molecule has 3 heterocycles. The number of fused-ring (bicyclic) bond motifs is 1. The number of carbonyl (C=O) groups excluding carboxylic acids is 1. The zero-order valence-corrected chi connectivity index (χ0v) is 21.4. The molecule has 2 aromatic heterocycles. The minimum absolute atomic E-state index is 0.0295. The van der Waals surface area contributed by atoms with Crippen molar-refractivity contribution in [2.45, 2.75) is 6.92 Å². The van der Waals surface area contributed by atoms with E-state index in [0.717, 1.165) is 38.6 Å². The highest BCUT2D eigenvalue weighted by atomic mass is 19.1. The maximum absolute atomic E-state index is 15.0. The lowest BCUT2D eigenvalue weighted by Crippen LogP contribution is -2.47. The van der Waals surface area contributed by atoms with Crippen LogP contribution in [0.2, 0.25) is 0 Å². The number of nitrogens with zero attached hydrogens (tertiary/aromatic N) is 5. The number of nitriles is 1. The Morgan fingerprint density at radius 1 is 1.13 bits per heavy atom. The van der Waals surface area contributed by atoms with Crippen LogP contribution < -0.4 is 15.4 Å². The number of amides is 1. The van der Waals surface area contributed by atoms with Gasteiger partial charge in [0, 0.05) is 54.7 Å². The smallest absolute Gasteiger partial charge is 0.242 e. The van der Waals surface area contributed by atoms with Gasteiger partial charge < -0.3 is 25.3 Å². The Balaban J connectivity index is 1.28. The summed E-state index contributed by atoms with van der Waals surface area (Å²) >= 11 is 0. The number of ether oxygens (including phenoxy) is 1. The molecule has 2 aromatic carbocycles. The van der Waals surface area contributed by atoms with Crippen LogP contribution in [-0.2, 0) is 4.79 Å². The van der Waals surface area contributed by atoms with Crippen LogP contribution >= 0.6 is 0 Å². The number of anilines is 3. The molecule has 0 radical (unpaired) electrons. The van der Waals surface area contributed by atoms with Crippen molar-refractivity contribution in [3.8, 4) is 17.7 Å². The standard InChI is InChI=1S/C27H26F2N8O2/c1-16-11-19-24(29)22(12-21(28)25(19)33-16)39-27-20(13-30)26(31-15-32-27)35-18-5-3-17(4-6-18)34-23(38)14-37-9-7-36(2)8-10-37/h3-6,11-12,15,33H,7-10,14H2,1-2H3,(H,34,38)(H,31,32,35). The molecule has 1 fully saturated rings. The number of aromatic amines is 1. The molecule has 5 rings (SSSR count). The van der Waals surface area contributed by atoms with Crippen molar-refractivity contribution in [3.05, 3.63) is 65.6 Å². The van der Waals surface area contributed by atoms with Gasteiger partial charge in [0.05, 0.1) is 12.1 Å². The van der Waals surface area contributed by atoms with Crippen LogP contribution in [-0.4, -0.2) is 70.4 Å². The molecule has 12 heteroatoms. The highest BCUT2D eigenvalue weighted by molar-refractivity contribution is 5.92. The molecule has 10 nitrogen and oxygen atoms in total. The summed E-state index contributed by atoms with van der Waals surface area (Å²) in [7, 11) is 2.06. The summed E-state index contributed by atoms with van der Waals surface area (Å²) in [4.78, 5) is 27.6. The Bertz CT molecular complexity index is 1560. The number of hydrogen-bond acceptors (Lipinski definition) is 8. The minimum Gasteiger partial charge on any atom is -0.434 e. The molecule has 3 N–H and O–H groups in total. The maximum Gasteiger partial charge on any atom is 0.242 e. The molecule has 200 valence electrons. The van der Waals surface area contributed by atoms with E-state index in [9.17, 15) is 14.4 Å². The Kier molecular flexibility index (Phi) is 7.36. The quantitative estimate of drug-likeness (QED) is 0.325. The Morgan fingerprint density at radius 3 is 2.56 bits per heavy atom. The van der Waals surface area contributed by atoms with Gasteiger partial charge >= 0.3 is 0 Å². The Hall–Kier alpha value is -4.60. The second-order valence-corrected chi connectivity index (χ2v) is 9.36. The van der Waals surface area contributed by atoms with Gasteiger partial charge in [-0.25, -0.2) is 18.7 Å². The molecule has 0 bridgehead atoms. The highest BCUT2D eigenvalue weighted by Gasteiger charge is 2.20. The molecular formula is C27H26F2N8O2. The lowest BCUT2D eigenvalue weighted by molar-refractivity contribution is -0.117. The van der Waals surface area contributed by atoms with Gasteiger partial charge in [0.2, 0.25) is 11.8 Å². The van der Waals surface area contributed by atoms with Crippen LogP contribution in [0.4, 0.5) is 26.0 Å². The van der Waals surface area contributed by atoms with E-state index in [2.05, 4.69) is 42.4 Å². The van der Waals surface area contributed by atoms with Gasteiger partial charge in [-0.15, -0.1) is 0 Å². The number of piperazine rings is 1. The number of halogens is 2. The number of H-pyrrole nitrogens is 1. The summed E-state index contributed by atoms with van der Waals surface area (Å²) < 4.78 is 35.1. The number of hydrogen-bond donors (Lipinski definition) is 3. The number of carbonyl (C=O) groups is 1. The number of aryl methyl sites for hydroxylation is 1. The summed E-state index contributed by atoms with van der Waals surface area (Å²) in [6, 6.07) is 11.2. The molecule has 4 aromatic rings. The van der Waals surface area contributed by atoms with E-state index in [-0.39, 0.29) is 34.1 Å². The molecule has 0 aliphatic carbocycles. The van der Waals surface area contributed by atoms with Crippen molar-refractivity contribution in [1.82, 2.24) is 24.8 Å². The molecule has 0 saturated carbocycles. The van der Waals surface area contributed by atoms with Crippen molar-refractivity contribution >= 4 is 34.0 Å². The first kappa shape index (κ1) is 26.0. The van der Waals surface area contributed by atoms with Gasteiger partial charge in [0.25, 0.3) is 0 Å². The summed E-state index contributed by atoms with van der Waals surface area (Å²) in [5.41, 5.74) is 1.73. The number of rotatable bonds is 7. The van der Waals surface area contributed by atoms with Crippen LogP contribution in [0.5, 0.6) is 11.6 Å². The third-order valence-corrected chi connectivity index (χ3v) is 6.43. The van der Waals surface area contributed by atoms with Crippen LogP contribution in [0, 0.1) is 29.9 Å². The number of likely N-dealkylation sites (N-methyl/N-ethyl adjacent to an activating group) is 1. The van der Waals surface area contributed by atoms with E-state index in [1.165, 1.54) is 6.07 Å². The predicted molar refractivity (Wildman–Crippen MR) is 142 cm³/mol. The summed E-state index contributed by atoms with van der Waals surface area (Å²) in [6.07, 6.45) is 1.15. The van der Waals surface area contributed by atoms with Crippen molar-refractivity contribution in [2.24, 2.45) is 0 Å². The zero-order chi connectivity index (χ0) is 27.5. The Labute approximate surface area is 223 Å². The molecule has 39 heavy (non-hydrogen) atoms. The first-order valence-electron chi connectivity index (χ1n) is 12.3. The van der Waals surface area contributed by atoms with Gasteiger partial charge in [-0.2, -0.15) is 5.26 Å².